The van der Waals surface area contributed by atoms with Gasteiger partial charge in [0.25, 0.3) is 0 Å². The van der Waals surface area contributed by atoms with Crippen LogP contribution in [0, 0.1) is 6.92 Å². The number of ether oxygens (including phenoxy) is 5. The fourth-order valence-corrected chi connectivity index (χ4v) is 2.15. The van der Waals surface area contributed by atoms with Gasteiger partial charge in [-0.25, -0.2) is 0 Å². The van der Waals surface area contributed by atoms with Crippen molar-refractivity contribution in [3.63, 3.8) is 0 Å². The molecule has 0 saturated heterocycles. The number of rotatable bonds is 0. The summed E-state index contributed by atoms with van der Waals surface area (Å²) in [7, 11) is 0. The van der Waals surface area contributed by atoms with Gasteiger partial charge >= 0.3 is 0 Å². The second-order valence-electron chi connectivity index (χ2n) is 4.58. The maximum Gasteiger partial charge on any atom is 0.162 e. The highest BCUT2D eigenvalue weighted by atomic mass is 79.9. The third kappa shape index (κ3) is 5.82. The summed E-state index contributed by atoms with van der Waals surface area (Å²) in [5.41, 5.74) is 1.10. The quantitative estimate of drug-likeness (QED) is 0.711. The Hall–Kier alpha value is -0.820. The van der Waals surface area contributed by atoms with Gasteiger partial charge in [0, 0.05) is 4.47 Å². The van der Waals surface area contributed by atoms with E-state index >= 15 is 0 Å². The van der Waals surface area contributed by atoms with E-state index in [1.807, 2.05) is 19.1 Å². The lowest BCUT2D eigenvalue weighted by Gasteiger charge is -2.14. The Kier molecular flexibility index (Phi) is 7.29. The van der Waals surface area contributed by atoms with Gasteiger partial charge < -0.3 is 23.7 Å². The average Bonchev–Trinajstić information content (AvgIpc) is 2.48. The van der Waals surface area contributed by atoms with Crippen molar-refractivity contribution in [1.29, 1.82) is 0 Å². The number of fused-ring (bicyclic) bond motifs is 1. The first-order chi connectivity index (χ1) is 10.3. The lowest BCUT2D eigenvalue weighted by Crippen LogP contribution is -2.13. The first kappa shape index (κ1) is 16.5. The molecule has 0 aromatic heterocycles. The van der Waals surface area contributed by atoms with Gasteiger partial charge in [0.1, 0.15) is 13.2 Å². The highest BCUT2D eigenvalue weighted by Crippen LogP contribution is 2.33. The van der Waals surface area contributed by atoms with Crippen LogP contribution >= 0.6 is 15.9 Å². The van der Waals surface area contributed by atoms with Gasteiger partial charge in [-0.1, -0.05) is 15.9 Å². The molecule has 0 fully saturated rings. The SMILES string of the molecule is Cc1cc2c(cc1Br)OCCOCCOCCOCCO2. The molecule has 5 nitrogen and oxygen atoms in total. The van der Waals surface area contributed by atoms with E-state index in [0.717, 1.165) is 15.8 Å². The van der Waals surface area contributed by atoms with E-state index in [-0.39, 0.29) is 0 Å². The lowest BCUT2D eigenvalue weighted by molar-refractivity contribution is 0.00708. The Labute approximate surface area is 133 Å². The molecule has 118 valence electrons. The summed E-state index contributed by atoms with van der Waals surface area (Å²) in [5.74, 6) is 1.44. The van der Waals surface area contributed by atoms with Gasteiger partial charge in [-0.15, -0.1) is 0 Å². The average molecular weight is 361 g/mol. The molecule has 1 aliphatic heterocycles. The minimum Gasteiger partial charge on any atom is -0.487 e. The maximum absolute atomic E-state index is 5.75. The number of hydrogen-bond donors (Lipinski definition) is 0. The van der Waals surface area contributed by atoms with Gasteiger partial charge in [0.05, 0.1) is 39.6 Å². The zero-order valence-electron chi connectivity index (χ0n) is 12.2. The molecule has 6 heteroatoms. The predicted molar refractivity (Wildman–Crippen MR) is 82.3 cm³/mol. The first-order valence-corrected chi connectivity index (χ1v) is 7.85. The molecule has 0 unspecified atom stereocenters. The van der Waals surface area contributed by atoms with Crippen molar-refractivity contribution in [2.45, 2.75) is 6.92 Å². The minimum atomic E-state index is 0.475. The fourth-order valence-electron chi connectivity index (χ4n) is 1.83. The van der Waals surface area contributed by atoms with E-state index in [2.05, 4.69) is 15.9 Å². The Balaban J connectivity index is 2.00. The Morgan fingerprint density at radius 1 is 0.714 bits per heavy atom. The number of halogens is 1. The van der Waals surface area contributed by atoms with Crippen molar-refractivity contribution in [3.05, 3.63) is 22.2 Å². The first-order valence-electron chi connectivity index (χ1n) is 7.06. The molecule has 2 rings (SSSR count). The van der Waals surface area contributed by atoms with Crippen LogP contribution < -0.4 is 9.47 Å². The highest BCUT2D eigenvalue weighted by Gasteiger charge is 2.09. The molecule has 1 aromatic carbocycles. The topological polar surface area (TPSA) is 46.2 Å². The normalized spacial score (nSPS) is 18.6. The van der Waals surface area contributed by atoms with E-state index in [9.17, 15) is 0 Å². The molecule has 21 heavy (non-hydrogen) atoms. The van der Waals surface area contributed by atoms with Crippen molar-refractivity contribution in [1.82, 2.24) is 0 Å². The maximum atomic E-state index is 5.75. The number of benzene rings is 1. The Morgan fingerprint density at radius 2 is 1.14 bits per heavy atom. The van der Waals surface area contributed by atoms with E-state index in [1.165, 1.54) is 0 Å². The molecule has 0 radical (unpaired) electrons. The van der Waals surface area contributed by atoms with Crippen molar-refractivity contribution in [3.8, 4) is 11.5 Å². The summed E-state index contributed by atoms with van der Waals surface area (Å²) < 4.78 is 28.7. The molecule has 0 spiro atoms. The highest BCUT2D eigenvalue weighted by molar-refractivity contribution is 9.10. The predicted octanol–water partition coefficient (Wildman–Crippen LogP) is 2.58. The van der Waals surface area contributed by atoms with E-state index in [1.54, 1.807) is 0 Å². The van der Waals surface area contributed by atoms with Crippen LogP contribution in [0.5, 0.6) is 11.5 Å². The molecule has 0 N–H and O–H groups in total. The molecular formula is C15H21BrO5. The van der Waals surface area contributed by atoms with Crippen LogP contribution in [0.3, 0.4) is 0 Å². The van der Waals surface area contributed by atoms with E-state index in [0.29, 0.717) is 58.6 Å². The van der Waals surface area contributed by atoms with Crippen LogP contribution in [0.25, 0.3) is 0 Å². The fraction of sp³-hybridized carbons (Fsp3) is 0.600. The summed E-state index contributed by atoms with van der Waals surface area (Å²) >= 11 is 3.51. The van der Waals surface area contributed by atoms with Gasteiger partial charge in [-0.3, -0.25) is 0 Å². The van der Waals surface area contributed by atoms with Crippen LogP contribution in [0.1, 0.15) is 5.56 Å². The Morgan fingerprint density at radius 3 is 1.67 bits per heavy atom. The minimum absolute atomic E-state index is 0.475. The van der Waals surface area contributed by atoms with Crippen molar-refractivity contribution < 1.29 is 23.7 Å². The van der Waals surface area contributed by atoms with E-state index in [4.69, 9.17) is 23.7 Å². The second kappa shape index (κ2) is 9.25. The summed E-state index contributed by atoms with van der Waals surface area (Å²) in [5, 5.41) is 0. The summed E-state index contributed by atoms with van der Waals surface area (Å²) in [6.07, 6.45) is 0. The third-order valence-corrected chi connectivity index (χ3v) is 3.79. The zero-order valence-corrected chi connectivity index (χ0v) is 13.8. The summed E-state index contributed by atoms with van der Waals surface area (Å²) in [4.78, 5) is 0. The van der Waals surface area contributed by atoms with Crippen LogP contribution in [-0.4, -0.2) is 52.9 Å². The third-order valence-electron chi connectivity index (χ3n) is 2.94. The molecule has 1 aromatic rings. The molecule has 1 aliphatic rings. The molecular weight excluding hydrogens is 340 g/mol. The van der Waals surface area contributed by atoms with Crippen LogP contribution in [0.2, 0.25) is 0 Å². The van der Waals surface area contributed by atoms with Crippen molar-refractivity contribution in [2.24, 2.45) is 0 Å². The van der Waals surface area contributed by atoms with Gasteiger partial charge in [0.2, 0.25) is 0 Å². The molecule has 0 amide bonds. The van der Waals surface area contributed by atoms with Gasteiger partial charge in [-0.2, -0.15) is 0 Å². The largest absolute Gasteiger partial charge is 0.487 e. The van der Waals surface area contributed by atoms with Gasteiger partial charge in [0.15, 0.2) is 11.5 Å². The molecule has 0 atom stereocenters. The van der Waals surface area contributed by atoms with Crippen LogP contribution in [0.15, 0.2) is 16.6 Å². The van der Waals surface area contributed by atoms with Crippen LogP contribution in [0.4, 0.5) is 0 Å². The standard InChI is InChI=1S/C15H21BrO5/c1-12-10-14-15(11-13(12)16)21-9-7-19-5-3-17-2-4-18-6-8-20-14/h10-11H,2-9H2,1H3. The number of aryl methyl sites for hydroxylation is 1. The smallest absolute Gasteiger partial charge is 0.162 e. The summed E-state index contributed by atoms with van der Waals surface area (Å²) in [6, 6.07) is 3.88. The second-order valence-corrected chi connectivity index (χ2v) is 5.44. The molecule has 1 heterocycles. The van der Waals surface area contributed by atoms with Crippen molar-refractivity contribution in [2.75, 3.05) is 52.9 Å². The monoisotopic (exact) mass is 360 g/mol. The molecule has 0 bridgehead atoms. The Bertz CT molecular complexity index is 399. The molecule has 0 saturated carbocycles. The lowest BCUT2D eigenvalue weighted by atomic mass is 10.2. The van der Waals surface area contributed by atoms with Crippen molar-refractivity contribution >= 4 is 15.9 Å². The summed E-state index contributed by atoms with van der Waals surface area (Å²) in [6.45, 7) is 6.27. The van der Waals surface area contributed by atoms with Gasteiger partial charge in [-0.05, 0) is 24.6 Å². The zero-order chi connectivity index (χ0) is 14.9. The van der Waals surface area contributed by atoms with E-state index < -0.39 is 0 Å². The molecule has 0 aliphatic carbocycles. The number of hydrogen-bond acceptors (Lipinski definition) is 5. The van der Waals surface area contributed by atoms with Crippen LogP contribution in [-0.2, 0) is 14.2 Å².